The van der Waals surface area contributed by atoms with Gasteiger partial charge in [0.25, 0.3) is 0 Å². The summed E-state index contributed by atoms with van der Waals surface area (Å²) in [6.07, 6.45) is 1.18. The molecule has 17 heavy (non-hydrogen) atoms. The molecule has 0 radical (unpaired) electrons. The molecule has 1 atom stereocenters. The van der Waals surface area contributed by atoms with Gasteiger partial charge in [-0.3, -0.25) is 0 Å². The Morgan fingerprint density at radius 3 is 2.41 bits per heavy atom. The Balaban J connectivity index is 2.89. The molecule has 0 bridgehead atoms. The smallest absolute Gasteiger partial charge is 0.134 e. The van der Waals surface area contributed by atoms with Crippen molar-refractivity contribution in [2.45, 2.75) is 39.7 Å². The molecule has 0 saturated heterocycles. The summed E-state index contributed by atoms with van der Waals surface area (Å²) in [6.45, 7) is 6.46. The van der Waals surface area contributed by atoms with Crippen molar-refractivity contribution in [3.63, 3.8) is 0 Å². The molecule has 0 fully saturated rings. The van der Waals surface area contributed by atoms with Crippen LogP contribution in [0, 0.1) is 6.92 Å². The van der Waals surface area contributed by atoms with Gasteiger partial charge in [0.15, 0.2) is 0 Å². The van der Waals surface area contributed by atoms with E-state index in [9.17, 15) is 5.11 Å². The average Bonchev–Trinajstić information content (AvgIpc) is 2.37. The number of aliphatic hydroxyl groups is 1. The van der Waals surface area contributed by atoms with Crippen molar-refractivity contribution in [2.75, 3.05) is 24.2 Å². The van der Waals surface area contributed by atoms with Crippen LogP contribution in [0.1, 0.15) is 31.7 Å². The van der Waals surface area contributed by atoms with Crippen molar-refractivity contribution in [3.05, 3.63) is 11.4 Å². The summed E-state index contributed by atoms with van der Waals surface area (Å²) in [6, 6.07) is 0. The second-order valence-electron chi connectivity index (χ2n) is 4.01. The zero-order valence-corrected chi connectivity index (χ0v) is 11.0. The van der Waals surface area contributed by atoms with Gasteiger partial charge in [0, 0.05) is 25.6 Å². The molecule has 96 valence electrons. The third kappa shape index (κ3) is 3.56. The van der Waals surface area contributed by atoms with Gasteiger partial charge < -0.3 is 15.7 Å². The highest BCUT2D eigenvalue weighted by Crippen LogP contribution is 2.19. The van der Waals surface area contributed by atoms with Crippen LogP contribution in [-0.4, -0.2) is 34.8 Å². The van der Waals surface area contributed by atoms with Crippen LogP contribution in [0.15, 0.2) is 0 Å². The lowest BCUT2D eigenvalue weighted by molar-refractivity contribution is 0.183. The second kappa shape index (κ2) is 6.39. The van der Waals surface area contributed by atoms with E-state index in [-0.39, 0.29) is 6.10 Å². The van der Waals surface area contributed by atoms with Crippen LogP contribution in [0.25, 0.3) is 0 Å². The van der Waals surface area contributed by atoms with Crippen molar-refractivity contribution < 1.29 is 5.11 Å². The molecular weight excluding hydrogens is 216 g/mol. The number of aryl methyl sites for hydroxylation is 1. The largest absolute Gasteiger partial charge is 0.391 e. The first-order valence-corrected chi connectivity index (χ1v) is 6.09. The maximum Gasteiger partial charge on any atom is 0.134 e. The van der Waals surface area contributed by atoms with Gasteiger partial charge in [-0.2, -0.15) is 0 Å². The van der Waals surface area contributed by atoms with Crippen LogP contribution < -0.4 is 10.6 Å². The van der Waals surface area contributed by atoms with E-state index < -0.39 is 0 Å². The fourth-order valence-electron chi connectivity index (χ4n) is 1.50. The third-order valence-electron chi connectivity index (χ3n) is 2.72. The molecular formula is C12H22N4O. The van der Waals surface area contributed by atoms with Gasteiger partial charge in [-0.25, -0.2) is 9.97 Å². The van der Waals surface area contributed by atoms with E-state index in [4.69, 9.17) is 0 Å². The Hall–Kier alpha value is -1.36. The minimum absolute atomic E-state index is 0.340. The molecule has 0 spiro atoms. The van der Waals surface area contributed by atoms with E-state index in [0.717, 1.165) is 35.9 Å². The van der Waals surface area contributed by atoms with Crippen molar-refractivity contribution in [3.8, 4) is 0 Å². The second-order valence-corrected chi connectivity index (χ2v) is 4.01. The van der Waals surface area contributed by atoms with Gasteiger partial charge in [-0.1, -0.05) is 13.8 Å². The van der Waals surface area contributed by atoms with E-state index in [0.29, 0.717) is 6.54 Å². The third-order valence-corrected chi connectivity index (χ3v) is 2.72. The Morgan fingerprint density at radius 2 is 1.88 bits per heavy atom. The van der Waals surface area contributed by atoms with Crippen molar-refractivity contribution >= 4 is 11.6 Å². The summed E-state index contributed by atoms with van der Waals surface area (Å²) < 4.78 is 0. The average molecular weight is 238 g/mol. The predicted octanol–water partition coefficient (Wildman–Crippen LogP) is 1.57. The number of aromatic nitrogens is 2. The molecule has 1 rings (SSSR count). The van der Waals surface area contributed by atoms with Crippen LogP contribution in [0.4, 0.5) is 11.6 Å². The maximum absolute atomic E-state index is 9.54. The fraction of sp³-hybridized carbons (Fsp3) is 0.667. The first-order chi connectivity index (χ1) is 8.12. The number of nitrogens with one attached hydrogen (secondary N) is 2. The van der Waals surface area contributed by atoms with Gasteiger partial charge in [-0.15, -0.1) is 0 Å². The van der Waals surface area contributed by atoms with Crippen molar-refractivity contribution in [1.82, 2.24) is 9.97 Å². The standard InChI is InChI=1S/C12H22N4O/c1-5-9(17)7-14-12-8(3)11(13-4)15-10(6-2)16-12/h9,17H,5-7H2,1-4H3,(H2,13,14,15,16). The van der Waals surface area contributed by atoms with E-state index in [2.05, 4.69) is 20.6 Å². The van der Waals surface area contributed by atoms with Gasteiger partial charge >= 0.3 is 0 Å². The summed E-state index contributed by atoms with van der Waals surface area (Å²) in [5.74, 6) is 2.44. The van der Waals surface area contributed by atoms with E-state index in [1.807, 2.05) is 27.8 Å². The van der Waals surface area contributed by atoms with Crippen LogP contribution in [0.5, 0.6) is 0 Å². The van der Waals surface area contributed by atoms with Crippen LogP contribution in [-0.2, 0) is 6.42 Å². The zero-order chi connectivity index (χ0) is 12.8. The quantitative estimate of drug-likeness (QED) is 0.702. The van der Waals surface area contributed by atoms with Gasteiger partial charge in [0.05, 0.1) is 6.10 Å². The normalized spacial score (nSPS) is 12.3. The molecule has 5 nitrogen and oxygen atoms in total. The van der Waals surface area contributed by atoms with Crippen molar-refractivity contribution in [2.24, 2.45) is 0 Å². The summed E-state index contributed by atoms with van der Waals surface area (Å²) in [5, 5.41) is 15.8. The van der Waals surface area contributed by atoms with Crippen LogP contribution >= 0.6 is 0 Å². The molecule has 0 saturated carbocycles. The van der Waals surface area contributed by atoms with Crippen LogP contribution in [0.2, 0.25) is 0 Å². The first kappa shape index (κ1) is 13.7. The highest BCUT2D eigenvalue weighted by atomic mass is 16.3. The summed E-state index contributed by atoms with van der Waals surface area (Å²) >= 11 is 0. The number of hydrogen-bond acceptors (Lipinski definition) is 5. The van der Waals surface area contributed by atoms with E-state index in [1.54, 1.807) is 0 Å². The molecule has 0 aliphatic heterocycles. The first-order valence-electron chi connectivity index (χ1n) is 6.09. The number of nitrogens with zero attached hydrogens (tertiary/aromatic N) is 2. The minimum atomic E-state index is -0.340. The summed E-state index contributed by atoms with van der Waals surface area (Å²) in [7, 11) is 1.85. The Morgan fingerprint density at radius 1 is 1.24 bits per heavy atom. The number of aliphatic hydroxyl groups excluding tert-OH is 1. The summed E-state index contributed by atoms with van der Waals surface area (Å²) in [4.78, 5) is 8.82. The lowest BCUT2D eigenvalue weighted by Gasteiger charge is -2.15. The molecule has 0 aliphatic rings. The van der Waals surface area contributed by atoms with Gasteiger partial charge in [0.2, 0.25) is 0 Å². The lowest BCUT2D eigenvalue weighted by Crippen LogP contribution is -2.20. The molecule has 5 heteroatoms. The minimum Gasteiger partial charge on any atom is -0.391 e. The fourth-order valence-corrected chi connectivity index (χ4v) is 1.50. The number of anilines is 2. The highest BCUT2D eigenvalue weighted by molar-refractivity contribution is 5.57. The van der Waals surface area contributed by atoms with E-state index >= 15 is 0 Å². The Kier molecular flexibility index (Phi) is 5.15. The molecule has 0 aliphatic carbocycles. The van der Waals surface area contributed by atoms with Gasteiger partial charge in [0.1, 0.15) is 17.5 Å². The SMILES string of the molecule is CCc1nc(NC)c(C)c(NCC(O)CC)n1. The summed E-state index contributed by atoms with van der Waals surface area (Å²) in [5.41, 5.74) is 0.980. The predicted molar refractivity (Wildman–Crippen MR) is 70.5 cm³/mol. The number of rotatable bonds is 6. The van der Waals surface area contributed by atoms with E-state index in [1.165, 1.54) is 0 Å². The zero-order valence-electron chi connectivity index (χ0n) is 11.0. The maximum atomic E-state index is 9.54. The monoisotopic (exact) mass is 238 g/mol. The molecule has 1 unspecified atom stereocenters. The van der Waals surface area contributed by atoms with Gasteiger partial charge in [-0.05, 0) is 13.3 Å². The molecule has 3 N–H and O–H groups in total. The molecule has 0 amide bonds. The number of hydrogen-bond donors (Lipinski definition) is 3. The molecule has 1 aromatic heterocycles. The lowest BCUT2D eigenvalue weighted by atomic mass is 10.2. The Bertz CT molecular complexity index is 368. The molecule has 0 aromatic carbocycles. The molecule has 1 heterocycles. The molecule has 1 aromatic rings. The van der Waals surface area contributed by atoms with Crippen molar-refractivity contribution in [1.29, 1.82) is 0 Å². The Labute approximate surface area is 103 Å². The van der Waals surface area contributed by atoms with Crippen LogP contribution in [0.3, 0.4) is 0 Å². The highest BCUT2D eigenvalue weighted by Gasteiger charge is 2.10. The topological polar surface area (TPSA) is 70.1 Å².